The van der Waals surface area contributed by atoms with Crippen LogP contribution in [0.4, 0.5) is 13.2 Å². The highest BCUT2D eigenvalue weighted by Crippen LogP contribution is 2.49. The van der Waals surface area contributed by atoms with Gasteiger partial charge in [-0.3, -0.25) is 0 Å². The molecule has 6 heteroatoms. The summed E-state index contributed by atoms with van der Waals surface area (Å²) in [6.45, 7) is 5.23. The maximum Gasteiger partial charge on any atom is 0.425 e. The van der Waals surface area contributed by atoms with Crippen LogP contribution in [0.1, 0.15) is 11.1 Å². The summed E-state index contributed by atoms with van der Waals surface area (Å²) in [7, 11) is -2.53. The van der Waals surface area contributed by atoms with Crippen LogP contribution in [-0.2, 0) is 10.0 Å². The number of rotatable bonds is 4. The smallest absolute Gasteiger partial charge is 0.397 e. The number of alkyl halides is 3. The molecule has 0 saturated carbocycles. The van der Waals surface area contributed by atoms with Gasteiger partial charge in [-0.2, -0.15) is 13.2 Å². The van der Waals surface area contributed by atoms with Gasteiger partial charge in [0.2, 0.25) is 5.60 Å². The van der Waals surface area contributed by atoms with Crippen molar-refractivity contribution in [3.05, 3.63) is 70.7 Å². The molecule has 1 unspecified atom stereocenters. The molecule has 0 aliphatic heterocycles. The van der Waals surface area contributed by atoms with Gasteiger partial charge in [-0.1, -0.05) is 54.1 Å². The molecule has 2 rings (SSSR count). The van der Waals surface area contributed by atoms with E-state index in [1.807, 2.05) is 0 Å². The van der Waals surface area contributed by atoms with Gasteiger partial charge in [-0.15, -0.1) is 0 Å². The van der Waals surface area contributed by atoms with Crippen LogP contribution < -0.4 is 0 Å². The zero-order valence-electron chi connectivity index (χ0n) is 13.1. The monoisotopic (exact) mass is 358 g/mol. The van der Waals surface area contributed by atoms with Crippen LogP contribution in [0.2, 0.25) is 24.7 Å². The van der Waals surface area contributed by atoms with Gasteiger partial charge < -0.3 is 4.43 Å². The Bertz CT molecular complexity index is 650. The van der Waals surface area contributed by atoms with E-state index in [2.05, 4.69) is 0 Å². The second-order valence-corrected chi connectivity index (χ2v) is 11.1. The first-order valence-corrected chi connectivity index (χ1v) is 10.9. The summed E-state index contributed by atoms with van der Waals surface area (Å²) >= 11 is 5.84. The van der Waals surface area contributed by atoms with Crippen LogP contribution in [0.15, 0.2) is 54.6 Å². The molecule has 1 atom stereocenters. The van der Waals surface area contributed by atoms with E-state index in [0.717, 1.165) is 0 Å². The highest BCUT2D eigenvalue weighted by atomic mass is 35.5. The van der Waals surface area contributed by atoms with Gasteiger partial charge >= 0.3 is 6.18 Å². The largest absolute Gasteiger partial charge is 0.425 e. The molecule has 0 fully saturated rings. The molecule has 0 heterocycles. The average molecular weight is 359 g/mol. The summed E-state index contributed by atoms with van der Waals surface area (Å²) in [6, 6.07) is 13.4. The highest BCUT2D eigenvalue weighted by Gasteiger charge is 2.59. The fourth-order valence-corrected chi connectivity index (χ4v) is 3.88. The highest BCUT2D eigenvalue weighted by molar-refractivity contribution is 6.69. The Kier molecular flexibility index (Phi) is 4.94. The van der Waals surface area contributed by atoms with E-state index in [1.54, 1.807) is 37.8 Å². The molecule has 0 N–H and O–H groups in total. The number of halogens is 4. The zero-order valence-corrected chi connectivity index (χ0v) is 14.9. The Morgan fingerprint density at radius 1 is 0.826 bits per heavy atom. The molecule has 0 spiro atoms. The van der Waals surface area contributed by atoms with Crippen LogP contribution in [-0.4, -0.2) is 14.5 Å². The Morgan fingerprint density at radius 2 is 1.30 bits per heavy atom. The summed E-state index contributed by atoms with van der Waals surface area (Å²) in [4.78, 5) is 0. The van der Waals surface area contributed by atoms with E-state index in [9.17, 15) is 13.2 Å². The number of hydrogen-bond acceptors (Lipinski definition) is 1. The van der Waals surface area contributed by atoms with Crippen LogP contribution >= 0.6 is 11.6 Å². The summed E-state index contributed by atoms with van der Waals surface area (Å²) in [5.41, 5.74) is -2.40. The normalized spacial score (nSPS) is 15.3. The van der Waals surface area contributed by atoms with Crippen molar-refractivity contribution in [3.63, 3.8) is 0 Å². The van der Waals surface area contributed by atoms with Crippen molar-refractivity contribution >= 4 is 19.9 Å². The molecule has 2 aromatic carbocycles. The molecule has 0 amide bonds. The van der Waals surface area contributed by atoms with Crippen molar-refractivity contribution in [1.82, 2.24) is 0 Å². The van der Waals surface area contributed by atoms with Gasteiger partial charge in [0, 0.05) is 5.02 Å². The lowest BCUT2D eigenvalue weighted by atomic mass is 9.86. The van der Waals surface area contributed by atoms with Crippen molar-refractivity contribution in [2.24, 2.45) is 0 Å². The maximum atomic E-state index is 14.2. The Labute approximate surface area is 140 Å². The van der Waals surface area contributed by atoms with Crippen molar-refractivity contribution in [2.75, 3.05) is 0 Å². The quantitative estimate of drug-likeness (QED) is 0.609. The predicted molar refractivity (Wildman–Crippen MR) is 89.2 cm³/mol. The fraction of sp³-hybridized carbons (Fsp3) is 0.294. The van der Waals surface area contributed by atoms with Crippen molar-refractivity contribution < 1.29 is 17.6 Å². The van der Waals surface area contributed by atoms with Gasteiger partial charge in [0.15, 0.2) is 8.32 Å². The van der Waals surface area contributed by atoms with Gasteiger partial charge in [-0.05, 0) is 42.9 Å². The molecule has 23 heavy (non-hydrogen) atoms. The molecule has 0 aliphatic carbocycles. The van der Waals surface area contributed by atoms with Gasteiger partial charge in [0.25, 0.3) is 0 Å². The summed E-state index contributed by atoms with van der Waals surface area (Å²) in [5, 5.41) is 0.380. The molecule has 1 nitrogen and oxygen atoms in total. The molecular formula is C17H18ClF3OSi. The predicted octanol–water partition coefficient (Wildman–Crippen LogP) is 6.00. The zero-order chi connectivity index (χ0) is 17.3. The lowest BCUT2D eigenvalue weighted by molar-refractivity contribution is -0.240. The first kappa shape index (κ1) is 18.0. The Balaban J connectivity index is 2.77. The lowest BCUT2D eigenvalue weighted by Gasteiger charge is -2.41. The SMILES string of the molecule is C[Si](C)(C)OC(c1ccccc1)(c1ccc(Cl)cc1)C(F)(F)F. The minimum Gasteiger partial charge on any atom is -0.397 e. The van der Waals surface area contributed by atoms with Crippen LogP contribution in [0.25, 0.3) is 0 Å². The fourth-order valence-electron chi connectivity index (χ4n) is 2.49. The molecule has 0 radical (unpaired) electrons. The van der Waals surface area contributed by atoms with Crippen molar-refractivity contribution in [2.45, 2.75) is 31.4 Å². The Hall–Kier alpha value is -1.30. The third-order valence-corrected chi connectivity index (χ3v) is 4.46. The van der Waals surface area contributed by atoms with E-state index in [1.165, 1.54) is 36.4 Å². The topological polar surface area (TPSA) is 9.23 Å². The first-order valence-electron chi connectivity index (χ1n) is 7.15. The minimum atomic E-state index is -4.61. The number of hydrogen-bond donors (Lipinski definition) is 0. The Morgan fingerprint density at radius 3 is 1.74 bits per heavy atom. The van der Waals surface area contributed by atoms with E-state index in [-0.39, 0.29) is 11.1 Å². The summed E-state index contributed by atoms with van der Waals surface area (Å²) in [6.07, 6.45) is -4.61. The number of benzene rings is 2. The summed E-state index contributed by atoms with van der Waals surface area (Å²) < 4.78 is 48.5. The minimum absolute atomic E-state index is 0.0306. The van der Waals surface area contributed by atoms with Crippen molar-refractivity contribution in [3.8, 4) is 0 Å². The van der Waals surface area contributed by atoms with E-state index in [4.69, 9.17) is 16.0 Å². The molecule has 0 saturated heterocycles. The second-order valence-electron chi connectivity index (χ2n) is 6.27. The summed E-state index contributed by atoms with van der Waals surface area (Å²) in [5.74, 6) is 0. The third kappa shape index (κ3) is 3.79. The van der Waals surface area contributed by atoms with Crippen molar-refractivity contribution in [1.29, 1.82) is 0 Å². The van der Waals surface area contributed by atoms with Crippen LogP contribution in [0.5, 0.6) is 0 Å². The maximum absolute atomic E-state index is 14.2. The standard InChI is InChI=1S/C17H18ClF3OSi/c1-23(2,3)22-16(17(19,20)21,13-7-5-4-6-8-13)14-9-11-15(18)12-10-14/h4-12H,1-3H3. The molecule has 0 aliphatic rings. The van der Waals surface area contributed by atoms with E-state index >= 15 is 0 Å². The molecule has 0 aromatic heterocycles. The average Bonchev–Trinajstić information content (AvgIpc) is 2.44. The molecular weight excluding hydrogens is 341 g/mol. The lowest BCUT2D eigenvalue weighted by Crippen LogP contribution is -2.51. The first-order chi connectivity index (χ1) is 10.6. The van der Waals surface area contributed by atoms with E-state index < -0.39 is 20.1 Å². The second kappa shape index (κ2) is 6.30. The van der Waals surface area contributed by atoms with Gasteiger partial charge in [0.05, 0.1) is 0 Å². The van der Waals surface area contributed by atoms with E-state index in [0.29, 0.717) is 5.02 Å². The molecule has 124 valence electrons. The molecule has 0 bridgehead atoms. The van der Waals surface area contributed by atoms with Crippen LogP contribution in [0, 0.1) is 0 Å². The van der Waals surface area contributed by atoms with Gasteiger partial charge in [-0.25, -0.2) is 0 Å². The van der Waals surface area contributed by atoms with Gasteiger partial charge in [0.1, 0.15) is 0 Å². The third-order valence-electron chi connectivity index (χ3n) is 3.29. The van der Waals surface area contributed by atoms with Crippen LogP contribution in [0.3, 0.4) is 0 Å². The molecule has 2 aromatic rings.